The summed E-state index contributed by atoms with van der Waals surface area (Å²) in [5.74, 6) is 0. The van der Waals surface area contributed by atoms with Crippen molar-refractivity contribution < 1.29 is 9.11 Å². The molecule has 0 unspecified atom stereocenters. The molecule has 0 fully saturated rings. The van der Waals surface area contributed by atoms with Crippen molar-refractivity contribution in [2.24, 2.45) is 0 Å². The standard InChI is InChI=1S/C26H40Cl2N4O2S2/c1-9-31(35(33)25(3,4)5)22(21-13-15-30-24(28)18-21)11-10-16-32(36(34)26(6,7)8)19(2)20-12-14-29-23(27)17-20/h12-15,17-19,22H,9-11,16H2,1-8H3/t19-,22+,35+,36+/m1/s1. The Morgan fingerprint density at radius 3 is 1.81 bits per heavy atom. The zero-order valence-corrected chi connectivity index (χ0v) is 25.8. The molecule has 202 valence electrons. The van der Waals surface area contributed by atoms with Crippen LogP contribution in [-0.4, -0.2) is 50.3 Å². The molecule has 0 aliphatic heterocycles. The SMILES string of the molecule is CCN([C@@H](CCCN([C@H](C)c1ccnc(Cl)c1)[S@@+]([O-])C(C)(C)C)c1ccnc(Cl)c1)[S@@+]([O-])C(C)(C)C. The van der Waals surface area contributed by atoms with E-state index in [4.69, 9.17) is 23.2 Å². The van der Waals surface area contributed by atoms with Gasteiger partial charge in [-0.05, 0) is 104 Å². The second-order valence-corrected chi connectivity index (χ2v) is 15.9. The summed E-state index contributed by atoms with van der Waals surface area (Å²) in [6, 6.07) is 7.28. The van der Waals surface area contributed by atoms with Crippen molar-refractivity contribution in [3.63, 3.8) is 0 Å². The van der Waals surface area contributed by atoms with Crippen molar-refractivity contribution >= 4 is 45.9 Å². The first-order valence-electron chi connectivity index (χ1n) is 12.3. The number of pyridine rings is 2. The lowest BCUT2D eigenvalue weighted by molar-refractivity contribution is 0.279. The Hall–Kier alpha value is -0.580. The third kappa shape index (κ3) is 8.73. The largest absolute Gasteiger partial charge is 0.597 e. The molecule has 0 aliphatic rings. The predicted molar refractivity (Wildman–Crippen MR) is 154 cm³/mol. The molecule has 0 spiro atoms. The second-order valence-electron chi connectivity index (χ2n) is 10.8. The van der Waals surface area contributed by atoms with Crippen molar-refractivity contribution in [1.82, 2.24) is 18.6 Å². The fourth-order valence-electron chi connectivity index (χ4n) is 3.96. The zero-order valence-electron chi connectivity index (χ0n) is 22.6. The number of nitrogens with zero attached hydrogens (tertiary/aromatic N) is 4. The molecule has 2 aromatic heterocycles. The number of hydrogen-bond donors (Lipinski definition) is 0. The number of rotatable bonds is 11. The summed E-state index contributed by atoms with van der Waals surface area (Å²) in [5.41, 5.74) is 1.95. The van der Waals surface area contributed by atoms with Gasteiger partial charge in [-0.1, -0.05) is 23.2 Å². The lowest BCUT2D eigenvalue weighted by Crippen LogP contribution is -2.46. The van der Waals surface area contributed by atoms with Crippen molar-refractivity contribution in [3.8, 4) is 0 Å². The van der Waals surface area contributed by atoms with E-state index in [1.165, 1.54) is 0 Å². The highest BCUT2D eigenvalue weighted by Crippen LogP contribution is 2.35. The molecule has 0 amide bonds. The normalized spacial score (nSPS) is 16.3. The molecule has 36 heavy (non-hydrogen) atoms. The Bertz CT molecular complexity index is 971. The van der Waals surface area contributed by atoms with Crippen LogP contribution in [0.25, 0.3) is 0 Å². The smallest absolute Gasteiger partial charge is 0.137 e. The van der Waals surface area contributed by atoms with Gasteiger partial charge in [0.1, 0.15) is 19.8 Å². The minimum atomic E-state index is -1.25. The lowest BCUT2D eigenvalue weighted by Gasteiger charge is -2.38. The molecule has 4 atom stereocenters. The Kier molecular flexibility index (Phi) is 11.8. The molecule has 10 heteroatoms. The van der Waals surface area contributed by atoms with Crippen LogP contribution < -0.4 is 0 Å². The molecule has 2 heterocycles. The summed E-state index contributed by atoms with van der Waals surface area (Å²) in [6.07, 6.45) is 4.83. The summed E-state index contributed by atoms with van der Waals surface area (Å²) < 4.78 is 30.3. The molecule has 0 aliphatic carbocycles. The van der Waals surface area contributed by atoms with E-state index in [-0.39, 0.29) is 12.1 Å². The van der Waals surface area contributed by atoms with Gasteiger partial charge in [-0.3, -0.25) is 0 Å². The van der Waals surface area contributed by atoms with Gasteiger partial charge in [0.2, 0.25) is 0 Å². The first-order chi connectivity index (χ1) is 16.7. The van der Waals surface area contributed by atoms with Crippen LogP contribution in [0.4, 0.5) is 0 Å². The summed E-state index contributed by atoms with van der Waals surface area (Å²) >= 11 is 9.92. The third-order valence-corrected chi connectivity index (χ3v) is 10.2. The highest BCUT2D eigenvalue weighted by molar-refractivity contribution is 7.90. The minimum Gasteiger partial charge on any atom is -0.597 e. The van der Waals surface area contributed by atoms with Crippen LogP contribution in [-0.2, 0) is 22.7 Å². The highest BCUT2D eigenvalue weighted by atomic mass is 35.5. The molecule has 0 radical (unpaired) electrons. The molecule has 0 saturated heterocycles. The first-order valence-corrected chi connectivity index (χ1v) is 15.2. The van der Waals surface area contributed by atoms with Crippen LogP contribution in [0.15, 0.2) is 36.7 Å². The fraction of sp³-hybridized carbons (Fsp3) is 0.615. The zero-order chi connectivity index (χ0) is 27.3. The summed E-state index contributed by atoms with van der Waals surface area (Å²) in [4.78, 5) is 8.22. The van der Waals surface area contributed by atoms with Gasteiger partial charge in [-0.15, -0.1) is 8.61 Å². The summed E-state index contributed by atoms with van der Waals surface area (Å²) in [5, 5.41) is 0.826. The number of aromatic nitrogens is 2. The van der Waals surface area contributed by atoms with Crippen LogP contribution in [0.1, 0.15) is 91.4 Å². The quantitative estimate of drug-likeness (QED) is 0.214. The maximum atomic E-state index is 13.6. The van der Waals surface area contributed by atoms with Gasteiger partial charge in [0, 0.05) is 48.2 Å². The van der Waals surface area contributed by atoms with Gasteiger partial charge in [-0.2, -0.15) is 0 Å². The van der Waals surface area contributed by atoms with E-state index < -0.39 is 32.2 Å². The maximum absolute atomic E-state index is 13.6. The molecule has 0 bridgehead atoms. The second kappa shape index (κ2) is 13.5. The molecule has 0 saturated carbocycles. The molecular weight excluding hydrogens is 535 g/mol. The maximum Gasteiger partial charge on any atom is 0.137 e. The van der Waals surface area contributed by atoms with Crippen LogP contribution >= 0.6 is 23.2 Å². The molecule has 6 nitrogen and oxygen atoms in total. The van der Waals surface area contributed by atoms with Crippen LogP contribution in [0.3, 0.4) is 0 Å². The van der Waals surface area contributed by atoms with Crippen molar-refractivity contribution in [3.05, 3.63) is 58.1 Å². The van der Waals surface area contributed by atoms with E-state index in [1.807, 2.05) is 88.3 Å². The van der Waals surface area contributed by atoms with E-state index in [1.54, 1.807) is 12.4 Å². The average molecular weight is 576 g/mol. The molecular formula is C26H40Cl2N4O2S2. The van der Waals surface area contributed by atoms with Crippen molar-refractivity contribution in [2.75, 3.05) is 13.1 Å². The van der Waals surface area contributed by atoms with Gasteiger partial charge in [0.15, 0.2) is 0 Å². The van der Waals surface area contributed by atoms with E-state index in [9.17, 15) is 9.11 Å². The molecule has 2 rings (SSSR count). The van der Waals surface area contributed by atoms with Crippen molar-refractivity contribution in [1.29, 1.82) is 0 Å². The Balaban J connectivity index is 2.33. The lowest BCUT2D eigenvalue weighted by atomic mass is 10.0. The van der Waals surface area contributed by atoms with Gasteiger partial charge >= 0.3 is 0 Å². The van der Waals surface area contributed by atoms with Crippen LogP contribution in [0, 0.1) is 0 Å². The van der Waals surface area contributed by atoms with E-state index in [2.05, 4.69) is 9.97 Å². The molecule has 0 aromatic carbocycles. The highest BCUT2D eigenvalue weighted by Gasteiger charge is 2.39. The monoisotopic (exact) mass is 574 g/mol. The van der Waals surface area contributed by atoms with E-state index in [0.29, 0.717) is 23.4 Å². The molecule has 2 aromatic rings. The van der Waals surface area contributed by atoms with Gasteiger partial charge in [-0.25, -0.2) is 9.97 Å². The average Bonchev–Trinajstić information content (AvgIpc) is 2.79. The first kappa shape index (κ1) is 31.6. The number of hydrogen-bond acceptors (Lipinski definition) is 6. The Labute approximate surface area is 233 Å². The Morgan fingerprint density at radius 2 is 1.33 bits per heavy atom. The van der Waals surface area contributed by atoms with Crippen LogP contribution in [0.5, 0.6) is 0 Å². The predicted octanol–water partition coefficient (Wildman–Crippen LogP) is 6.91. The third-order valence-electron chi connectivity index (χ3n) is 5.79. The van der Waals surface area contributed by atoms with Crippen molar-refractivity contribution in [2.45, 2.75) is 89.8 Å². The minimum absolute atomic E-state index is 0.119. The Morgan fingerprint density at radius 1 is 0.861 bits per heavy atom. The van der Waals surface area contributed by atoms with Gasteiger partial charge in [0.05, 0.1) is 12.1 Å². The van der Waals surface area contributed by atoms with E-state index in [0.717, 1.165) is 24.0 Å². The summed E-state index contributed by atoms with van der Waals surface area (Å²) in [7, 11) is 0. The molecule has 0 N–H and O–H groups in total. The topological polar surface area (TPSA) is 78.4 Å². The summed E-state index contributed by atoms with van der Waals surface area (Å²) in [6.45, 7) is 17.2. The fourth-order valence-corrected chi connectivity index (χ4v) is 7.13. The van der Waals surface area contributed by atoms with Gasteiger partial charge < -0.3 is 9.11 Å². The number of halogens is 2. The van der Waals surface area contributed by atoms with Crippen LogP contribution in [0.2, 0.25) is 10.3 Å². The van der Waals surface area contributed by atoms with Gasteiger partial charge in [0.25, 0.3) is 0 Å². The van der Waals surface area contributed by atoms with E-state index >= 15 is 0 Å².